The molecule has 1 aromatic rings. The summed E-state index contributed by atoms with van der Waals surface area (Å²) in [5.74, 6) is -1.03. The quantitative estimate of drug-likeness (QED) is 0.742. The molecule has 0 saturated carbocycles. The topological polar surface area (TPSA) is 26.0 Å². The van der Waals surface area contributed by atoms with Crippen LogP contribution in [0.5, 0.6) is 0 Å². The van der Waals surface area contributed by atoms with Gasteiger partial charge in [0.25, 0.3) is 0 Å². The number of rotatable bonds is 2. The summed E-state index contributed by atoms with van der Waals surface area (Å²) in [5, 5.41) is 3.43. The minimum atomic E-state index is -4.45. The van der Waals surface area contributed by atoms with Crippen LogP contribution in [0.4, 0.5) is 13.2 Å². The van der Waals surface area contributed by atoms with Crippen molar-refractivity contribution in [1.82, 2.24) is 5.16 Å². The Hall–Kier alpha value is -1.00. The number of alkyl halides is 3. The van der Waals surface area contributed by atoms with Gasteiger partial charge in [-0.1, -0.05) is 25.9 Å². The Balaban J connectivity index is 3.00. The molecule has 0 saturated heterocycles. The number of halogens is 3. The normalized spacial score (nSPS) is 13.3. The summed E-state index contributed by atoms with van der Waals surface area (Å²) >= 11 is 0. The molecular formula is C9H12F3NO. The first kappa shape index (κ1) is 11.1. The molecule has 80 valence electrons. The zero-order valence-corrected chi connectivity index (χ0v) is 8.27. The van der Waals surface area contributed by atoms with Gasteiger partial charge in [-0.2, -0.15) is 13.2 Å². The zero-order chi connectivity index (χ0) is 11.0. The summed E-state index contributed by atoms with van der Waals surface area (Å²) in [5.41, 5.74) is -0.0418. The summed E-state index contributed by atoms with van der Waals surface area (Å²) in [6.07, 6.45) is -3.74. The lowest BCUT2D eigenvalue weighted by Crippen LogP contribution is -2.15. The fraction of sp³-hybridized carbons (Fsp3) is 0.667. The summed E-state index contributed by atoms with van der Waals surface area (Å²) in [6, 6.07) is 0.962. The minimum absolute atomic E-state index is 0.340. The predicted molar refractivity (Wildman–Crippen MR) is 44.8 cm³/mol. The smallest absolute Gasteiger partial charge is 0.351 e. The summed E-state index contributed by atoms with van der Waals surface area (Å²) < 4.78 is 40.7. The van der Waals surface area contributed by atoms with Gasteiger partial charge in [0.15, 0.2) is 0 Å². The van der Waals surface area contributed by atoms with Gasteiger partial charge in [0, 0.05) is 11.5 Å². The van der Waals surface area contributed by atoms with Crippen molar-refractivity contribution in [2.24, 2.45) is 0 Å². The molecule has 1 rings (SSSR count). The molecule has 0 aliphatic rings. The Bertz CT molecular complexity index is 314. The van der Waals surface area contributed by atoms with Gasteiger partial charge in [0.1, 0.15) is 0 Å². The van der Waals surface area contributed by atoms with Gasteiger partial charge in [-0.3, -0.25) is 0 Å². The van der Waals surface area contributed by atoms with Crippen molar-refractivity contribution in [3.05, 3.63) is 17.5 Å². The van der Waals surface area contributed by atoms with Gasteiger partial charge in [-0.05, 0) is 6.42 Å². The van der Waals surface area contributed by atoms with Crippen LogP contribution in [-0.2, 0) is 11.6 Å². The van der Waals surface area contributed by atoms with Crippen LogP contribution >= 0.6 is 0 Å². The third-order valence-electron chi connectivity index (χ3n) is 2.37. The van der Waals surface area contributed by atoms with E-state index >= 15 is 0 Å². The van der Waals surface area contributed by atoms with Gasteiger partial charge in [-0.25, -0.2) is 0 Å². The Morgan fingerprint density at radius 3 is 2.29 bits per heavy atom. The molecule has 0 fully saturated rings. The maximum Gasteiger partial charge on any atom is 0.452 e. The predicted octanol–water partition coefficient (Wildman–Crippen LogP) is 3.38. The van der Waals surface area contributed by atoms with Crippen molar-refractivity contribution in [2.75, 3.05) is 0 Å². The molecule has 0 aliphatic carbocycles. The lowest BCUT2D eigenvalue weighted by Gasteiger charge is -2.18. The second kappa shape index (κ2) is 3.29. The first-order valence-electron chi connectivity index (χ1n) is 4.32. The molecule has 0 atom stereocenters. The lowest BCUT2D eigenvalue weighted by molar-refractivity contribution is -0.155. The molecule has 0 aromatic carbocycles. The van der Waals surface area contributed by atoms with Crippen LogP contribution < -0.4 is 0 Å². The van der Waals surface area contributed by atoms with Crippen LogP contribution in [0.15, 0.2) is 10.6 Å². The molecule has 1 aromatic heterocycles. The Morgan fingerprint density at radius 2 is 1.93 bits per heavy atom. The van der Waals surface area contributed by atoms with Crippen molar-refractivity contribution in [1.29, 1.82) is 0 Å². The van der Waals surface area contributed by atoms with Gasteiger partial charge in [0.05, 0.1) is 5.69 Å². The molecule has 0 amide bonds. The zero-order valence-electron chi connectivity index (χ0n) is 8.27. The Kier molecular flexibility index (Phi) is 2.61. The molecule has 0 bridgehead atoms. The van der Waals surface area contributed by atoms with E-state index in [1.807, 2.05) is 20.8 Å². The highest BCUT2D eigenvalue weighted by molar-refractivity contribution is 5.16. The summed E-state index contributed by atoms with van der Waals surface area (Å²) in [7, 11) is 0. The fourth-order valence-corrected chi connectivity index (χ4v) is 0.909. The monoisotopic (exact) mass is 207 g/mol. The molecule has 0 N–H and O–H groups in total. The first-order chi connectivity index (χ1) is 6.27. The van der Waals surface area contributed by atoms with E-state index in [2.05, 4.69) is 9.68 Å². The highest BCUT2D eigenvalue weighted by Gasteiger charge is 2.37. The second-order valence-electron chi connectivity index (χ2n) is 3.81. The van der Waals surface area contributed by atoms with Crippen LogP contribution in [0, 0.1) is 0 Å². The van der Waals surface area contributed by atoms with Crippen LogP contribution in [0.25, 0.3) is 0 Å². The largest absolute Gasteiger partial charge is 0.452 e. The summed E-state index contributed by atoms with van der Waals surface area (Å²) in [4.78, 5) is 0. The third kappa shape index (κ3) is 2.08. The number of aromatic nitrogens is 1. The maximum absolute atomic E-state index is 12.2. The van der Waals surface area contributed by atoms with Crippen molar-refractivity contribution in [3.8, 4) is 0 Å². The highest BCUT2D eigenvalue weighted by atomic mass is 19.4. The van der Waals surface area contributed by atoms with E-state index in [4.69, 9.17) is 0 Å². The molecule has 5 heteroatoms. The van der Waals surface area contributed by atoms with Gasteiger partial charge in [-0.15, -0.1) is 0 Å². The first-order valence-corrected chi connectivity index (χ1v) is 4.32. The standard InChI is InChI=1S/C9H12F3NO/c1-4-8(2,3)6-5-7(14-13-6)9(10,11)12/h5H,4H2,1-3H3. The SMILES string of the molecule is CCC(C)(C)c1cc(C(F)(F)F)on1. The van der Waals surface area contributed by atoms with E-state index in [0.29, 0.717) is 12.1 Å². The molecule has 2 nitrogen and oxygen atoms in total. The minimum Gasteiger partial charge on any atom is -0.351 e. The molecule has 0 spiro atoms. The molecule has 1 heterocycles. The number of hydrogen-bond acceptors (Lipinski definition) is 2. The van der Waals surface area contributed by atoms with E-state index in [9.17, 15) is 13.2 Å². The highest BCUT2D eigenvalue weighted by Crippen LogP contribution is 2.33. The van der Waals surface area contributed by atoms with Crippen LogP contribution in [0.3, 0.4) is 0 Å². The van der Waals surface area contributed by atoms with E-state index < -0.39 is 11.9 Å². The van der Waals surface area contributed by atoms with Crippen molar-refractivity contribution in [3.63, 3.8) is 0 Å². The molecule has 0 radical (unpaired) electrons. The van der Waals surface area contributed by atoms with Crippen molar-refractivity contribution in [2.45, 2.75) is 38.8 Å². The molecule has 0 aliphatic heterocycles. The van der Waals surface area contributed by atoms with Gasteiger partial charge < -0.3 is 4.52 Å². The second-order valence-corrected chi connectivity index (χ2v) is 3.81. The maximum atomic E-state index is 12.2. The average Bonchev–Trinajstić information content (AvgIpc) is 2.51. The van der Waals surface area contributed by atoms with E-state index in [1.54, 1.807) is 0 Å². The number of nitrogens with zero attached hydrogens (tertiary/aromatic N) is 1. The summed E-state index contributed by atoms with van der Waals surface area (Å²) in [6.45, 7) is 5.54. The Labute approximate surface area is 80.1 Å². The van der Waals surface area contributed by atoms with Crippen LogP contribution in [0.1, 0.15) is 38.6 Å². The van der Waals surface area contributed by atoms with Crippen molar-refractivity contribution < 1.29 is 17.7 Å². The molecule has 14 heavy (non-hydrogen) atoms. The van der Waals surface area contributed by atoms with Crippen molar-refractivity contribution >= 4 is 0 Å². The van der Waals surface area contributed by atoms with Gasteiger partial charge >= 0.3 is 6.18 Å². The van der Waals surface area contributed by atoms with E-state index in [1.165, 1.54) is 0 Å². The average molecular weight is 207 g/mol. The van der Waals surface area contributed by atoms with Crippen LogP contribution in [-0.4, -0.2) is 5.16 Å². The van der Waals surface area contributed by atoms with Gasteiger partial charge in [0.2, 0.25) is 5.76 Å². The number of hydrogen-bond donors (Lipinski definition) is 0. The fourth-order valence-electron chi connectivity index (χ4n) is 0.909. The van der Waals surface area contributed by atoms with E-state index in [-0.39, 0.29) is 5.41 Å². The lowest BCUT2D eigenvalue weighted by atomic mass is 9.86. The van der Waals surface area contributed by atoms with E-state index in [0.717, 1.165) is 6.07 Å². The third-order valence-corrected chi connectivity index (χ3v) is 2.37. The Morgan fingerprint density at radius 1 is 1.36 bits per heavy atom. The molecular weight excluding hydrogens is 195 g/mol. The van der Waals surface area contributed by atoms with Crippen LogP contribution in [0.2, 0.25) is 0 Å². The molecule has 0 unspecified atom stereocenters.